The number of carbonyl (C=O) groups excluding carboxylic acids is 2. The van der Waals surface area contributed by atoms with Crippen LogP contribution in [0.4, 0.5) is 0 Å². The molecular formula is C10H20O5Si. The van der Waals surface area contributed by atoms with Crippen LogP contribution in [-0.4, -0.2) is 39.6 Å². The molecule has 0 spiro atoms. The predicted octanol–water partition coefficient (Wildman–Crippen LogP) is 1.33. The van der Waals surface area contributed by atoms with Crippen LogP contribution >= 0.6 is 0 Å². The Labute approximate surface area is 97.2 Å². The van der Waals surface area contributed by atoms with E-state index in [9.17, 15) is 9.59 Å². The SMILES string of the molecule is CC(=O)OCC(CO[Si](C)(C)C)OC(C)=O. The Hall–Kier alpha value is -0.883. The molecule has 0 aliphatic carbocycles. The molecule has 94 valence electrons. The van der Waals surface area contributed by atoms with Crippen LogP contribution in [0.5, 0.6) is 0 Å². The molecule has 0 amide bonds. The van der Waals surface area contributed by atoms with Crippen molar-refractivity contribution < 1.29 is 23.5 Å². The van der Waals surface area contributed by atoms with Gasteiger partial charge in [-0.2, -0.15) is 0 Å². The van der Waals surface area contributed by atoms with Crippen LogP contribution in [0.2, 0.25) is 19.6 Å². The molecule has 0 saturated carbocycles. The number of ether oxygens (including phenoxy) is 2. The minimum atomic E-state index is -1.66. The largest absolute Gasteiger partial charge is 0.462 e. The van der Waals surface area contributed by atoms with Gasteiger partial charge in [-0.25, -0.2) is 0 Å². The van der Waals surface area contributed by atoms with Gasteiger partial charge in [0.05, 0.1) is 6.61 Å². The van der Waals surface area contributed by atoms with E-state index in [4.69, 9.17) is 13.9 Å². The molecule has 1 atom stereocenters. The second kappa shape index (κ2) is 6.65. The summed E-state index contributed by atoms with van der Waals surface area (Å²) in [6, 6.07) is 0. The van der Waals surface area contributed by atoms with Crippen molar-refractivity contribution in [3.63, 3.8) is 0 Å². The van der Waals surface area contributed by atoms with Gasteiger partial charge in [0, 0.05) is 13.8 Å². The Bertz CT molecular complexity index is 246. The third-order valence-corrected chi connectivity index (χ3v) is 2.54. The fraction of sp³-hybridized carbons (Fsp3) is 0.800. The van der Waals surface area contributed by atoms with Crippen molar-refractivity contribution in [2.24, 2.45) is 0 Å². The summed E-state index contributed by atoms with van der Waals surface area (Å²) in [7, 11) is -1.66. The molecule has 0 aromatic heterocycles. The van der Waals surface area contributed by atoms with Crippen LogP contribution in [0.1, 0.15) is 13.8 Å². The highest BCUT2D eigenvalue weighted by Crippen LogP contribution is 2.05. The predicted molar refractivity (Wildman–Crippen MR) is 61.5 cm³/mol. The van der Waals surface area contributed by atoms with Crippen molar-refractivity contribution >= 4 is 20.3 Å². The normalized spacial score (nSPS) is 13.1. The fourth-order valence-corrected chi connectivity index (χ4v) is 1.59. The molecule has 0 heterocycles. The average Bonchev–Trinajstić information content (AvgIpc) is 2.07. The lowest BCUT2D eigenvalue weighted by Crippen LogP contribution is -2.35. The lowest BCUT2D eigenvalue weighted by Gasteiger charge is -2.22. The van der Waals surface area contributed by atoms with Crippen LogP contribution in [-0.2, 0) is 23.5 Å². The summed E-state index contributed by atoms with van der Waals surface area (Å²) in [5.74, 6) is -0.804. The lowest BCUT2D eigenvalue weighted by atomic mass is 10.4. The van der Waals surface area contributed by atoms with Crippen LogP contribution in [0.25, 0.3) is 0 Å². The number of hydrogen-bond donors (Lipinski definition) is 0. The summed E-state index contributed by atoms with van der Waals surface area (Å²) in [5, 5.41) is 0. The summed E-state index contributed by atoms with van der Waals surface area (Å²) in [4.78, 5) is 21.5. The Morgan fingerprint density at radius 1 is 1.06 bits per heavy atom. The standard InChI is InChI=1S/C10H20O5Si/c1-8(11)13-6-10(15-9(2)12)7-14-16(3,4)5/h10H,6-7H2,1-5H3. The Kier molecular flexibility index (Phi) is 6.28. The summed E-state index contributed by atoms with van der Waals surface area (Å²) >= 11 is 0. The molecule has 0 aliphatic rings. The monoisotopic (exact) mass is 248 g/mol. The van der Waals surface area contributed by atoms with Gasteiger partial charge in [0.25, 0.3) is 0 Å². The van der Waals surface area contributed by atoms with Crippen molar-refractivity contribution in [1.29, 1.82) is 0 Å². The van der Waals surface area contributed by atoms with E-state index in [1.54, 1.807) is 0 Å². The van der Waals surface area contributed by atoms with E-state index in [0.29, 0.717) is 0 Å². The summed E-state index contributed by atoms with van der Waals surface area (Å²) in [5.41, 5.74) is 0. The van der Waals surface area contributed by atoms with Gasteiger partial charge in [0.2, 0.25) is 0 Å². The van der Waals surface area contributed by atoms with Crippen LogP contribution in [0, 0.1) is 0 Å². The van der Waals surface area contributed by atoms with Crippen molar-refractivity contribution in [3.8, 4) is 0 Å². The third-order valence-electron chi connectivity index (χ3n) is 1.51. The van der Waals surface area contributed by atoms with Crippen LogP contribution < -0.4 is 0 Å². The van der Waals surface area contributed by atoms with Gasteiger partial charge in [-0.1, -0.05) is 0 Å². The zero-order valence-corrected chi connectivity index (χ0v) is 11.5. The topological polar surface area (TPSA) is 61.8 Å². The molecule has 0 saturated heterocycles. The number of esters is 2. The van der Waals surface area contributed by atoms with Gasteiger partial charge in [-0.05, 0) is 19.6 Å². The molecule has 0 aromatic rings. The highest BCUT2D eigenvalue weighted by atomic mass is 28.4. The Morgan fingerprint density at radius 2 is 1.62 bits per heavy atom. The number of rotatable bonds is 6. The van der Waals surface area contributed by atoms with E-state index >= 15 is 0 Å². The lowest BCUT2D eigenvalue weighted by molar-refractivity contribution is -0.158. The van der Waals surface area contributed by atoms with E-state index in [2.05, 4.69) is 0 Å². The quantitative estimate of drug-likeness (QED) is 0.524. The summed E-state index contributed by atoms with van der Waals surface area (Å²) in [6.07, 6.45) is -0.520. The van der Waals surface area contributed by atoms with Gasteiger partial charge in [0.1, 0.15) is 6.61 Å². The fourth-order valence-electron chi connectivity index (χ4n) is 0.904. The van der Waals surface area contributed by atoms with Gasteiger partial charge in [0.15, 0.2) is 14.4 Å². The first kappa shape index (κ1) is 15.1. The zero-order valence-electron chi connectivity index (χ0n) is 10.5. The number of hydrogen-bond acceptors (Lipinski definition) is 5. The van der Waals surface area contributed by atoms with Gasteiger partial charge < -0.3 is 13.9 Å². The molecule has 5 nitrogen and oxygen atoms in total. The molecule has 0 fully saturated rings. The van der Waals surface area contributed by atoms with Crippen molar-refractivity contribution in [3.05, 3.63) is 0 Å². The Balaban J connectivity index is 4.10. The maximum atomic E-state index is 10.8. The number of carbonyl (C=O) groups is 2. The van der Waals surface area contributed by atoms with Gasteiger partial charge in [-0.15, -0.1) is 0 Å². The molecule has 0 N–H and O–H groups in total. The highest BCUT2D eigenvalue weighted by molar-refractivity contribution is 6.69. The van der Waals surface area contributed by atoms with Crippen molar-refractivity contribution in [2.75, 3.05) is 13.2 Å². The second-order valence-corrected chi connectivity index (χ2v) is 8.97. The zero-order chi connectivity index (χ0) is 12.8. The minimum absolute atomic E-state index is 0.0411. The second-order valence-electron chi connectivity index (χ2n) is 4.46. The average molecular weight is 248 g/mol. The summed E-state index contributed by atoms with van der Waals surface area (Å²) < 4.78 is 15.4. The first-order valence-electron chi connectivity index (χ1n) is 5.15. The molecule has 0 radical (unpaired) electrons. The van der Waals surface area contributed by atoms with E-state index < -0.39 is 26.4 Å². The maximum absolute atomic E-state index is 10.8. The molecule has 0 aliphatic heterocycles. The molecular weight excluding hydrogens is 228 g/mol. The van der Waals surface area contributed by atoms with E-state index in [-0.39, 0.29) is 13.2 Å². The highest BCUT2D eigenvalue weighted by Gasteiger charge is 2.20. The summed E-state index contributed by atoms with van der Waals surface area (Å²) in [6.45, 7) is 9.03. The smallest absolute Gasteiger partial charge is 0.303 e. The minimum Gasteiger partial charge on any atom is -0.462 e. The molecule has 0 bridgehead atoms. The van der Waals surface area contributed by atoms with Crippen molar-refractivity contribution in [2.45, 2.75) is 39.6 Å². The Morgan fingerprint density at radius 3 is 2.00 bits per heavy atom. The first-order valence-corrected chi connectivity index (χ1v) is 8.56. The maximum Gasteiger partial charge on any atom is 0.303 e. The molecule has 0 rings (SSSR count). The molecule has 16 heavy (non-hydrogen) atoms. The van der Waals surface area contributed by atoms with Crippen LogP contribution in [0.15, 0.2) is 0 Å². The van der Waals surface area contributed by atoms with Gasteiger partial charge >= 0.3 is 11.9 Å². The van der Waals surface area contributed by atoms with E-state index in [1.807, 2.05) is 19.6 Å². The van der Waals surface area contributed by atoms with Crippen molar-refractivity contribution in [1.82, 2.24) is 0 Å². The molecule has 1 unspecified atom stereocenters. The first-order chi connectivity index (χ1) is 7.20. The molecule has 6 heteroatoms. The van der Waals surface area contributed by atoms with E-state index in [1.165, 1.54) is 13.8 Å². The van der Waals surface area contributed by atoms with Gasteiger partial charge in [-0.3, -0.25) is 9.59 Å². The van der Waals surface area contributed by atoms with E-state index in [0.717, 1.165) is 0 Å². The van der Waals surface area contributed by atoms with Crippen LogP contribution in [0.3, 0.4) is 0 Å². The third kappa shape index (κ3) is 9.66. The molecule has 0 aromatic carbocycles.